The molecule has 16 heavy (non-hydrogen) atoms. The topological polar surface area (TPSA) is 20.2 Å². The summed E-state index contributed by atoms with van der Waals surface area (Å²) in [5.74, 6) is 0.384. The van der Waals surface area contributed by atoms with Crippen LogP contribution in [0.4, 0.5) is 0 Å². The van der Waals surface area contributed by atoms with Crippen molar-refractivity contribution in [2.24, 2.45) is 5.92 Å². The Balaban J connectivity index is 0.00000106. The summed E-state index contributed by atoms with van der Waals surface area (Å²) in [5.41, 5.74) is 2.39. The molecular weight excluding hydrogens is 196 g/mol. The molecule has 1 aliphatic rings. The van der Waals surface area contributed by atoms with Crippen LogP contribution in [0.1, 0.15) is 47.5 Å². The Morgan fingerprint density at radius 2 is 1.69 bits per heavy atom. The maximum absolute atomic E-state index is 10.0. The zero-order valence-corrected chi connectivity index (χ0v) is 11.3. The van der Waals surface area contributed by atoms with Gasteiger partial charge in [0.1, 0.15) is 0 Å². The Morgan fingerprint density at radius 1 is 1.12 bits per heavy atom. The second-order valence-electron chi connectivity index (χ2n) is 3.94. The Labute approximate surface area is 101 Å². The number of aliphatic hydroxyl groups is 1. The molecule has 0 heterocycles. The van der Waals surface area contributed by atoms with Gasteiger partial charge in [0, 0.05) is 0 Å². The maximum Gasteiger partial charge on any atom is 0.0818 e. The number of hydrogen-bond donors (Lipinski definition) is 1. The minimum Gasteiger partial charge on any atom is -0.388 e. The molecule has 0 saturated heterocycles. The summed E-state index contributed by atoms with van der Waals surface area (Å²) in [6.07, 6.45) is 10.1. The maximum atomic E-state index is 10.0. The SMILES string of the molecule is C/C=C\C1=C(/C=C\C)C(O)C(C)CC1.CC. The van der Waals surface area contributed by atoms with Crippen molar-refractivity contribution in [2.45, 2.75) is 53.6 Å². The highest BCUT2D eigenvalue weighted by Gasteiger charge is 2.23. The van der Waals surface area contributed by atoms with Gasteiger partial charge >= 0.3 is 0 Å². The largest absolute Gasteiger partial charge is 0.388 e. The van der Waals surface area contributed by atoms with E-state index in [1.807, 2.05) is 45.9 Å². The number of hydrogen-bond acceptors (Lipinski definition) is 1. The molecule has 1 aliphatic carbocycles. The highest BCUT2D eigenvalue weighted by molar-refractivity contribution is 5.38. The highest BCUT2D eigenvalue weighted by atomic mass is 16.3. The van der Waals surface area contributed by atoms with Gasteiger partial charge in [-0.2, -0.15) is 0 Å². The minimum atomic E-state index is -0.286. The third-order valence-electron chi connectivity index (χ3n) is 2.81. The summed E-state index contributed by atoms with van der Waals surface area (Å²) in [7, 11) is 0. The molecule has 1 heteroatoms. The summed E-state index contributed by atoms with van der Waals surface area (Å²) < 4.78 is 0. The first kappa shape index (κ1) is 15.2. The second-order valence-corrected chi connectivity index (χ2v) is 3.94. The predicted molar refractivity (Wildman–Crippen MR) is 72.4 cm³/mol. The number of rotatable bonds is 2. The fraction of sp³-hybridized carbons (Fsp3) is 0.600. The molecule has 1 nitrogen and oxygen atoms in total. The van der Waals surface area contributed by atoms with E-state index in [0.717, 1.165) is 18.4 Å². The van der Waals surface area contributed by atoms with E-state index < -0.39 is 0 Å². The third-order valence-corrected chi connectivity index (χ3v) is 2.81. The molecule has 92 valence electrons. The van der Waals surface area contributed by atoms with E-state index in [1.54, 1.807) is 0 Å². The Bertz CT molecular complexity index is 271. The van der Waals surface area contributed by atoms with Crippen LogP contribution in [0.15, 0.2) is 35.5 Å². The van der Waals surface area contributed by atoms with Crippen molar-refractivity contribution >= 4 is 0 Å². The smallest absolute Gasteiger partial charge is 0.0818 e. The van der Waals surface area contributed by atoms with Crippen molar-refractivity contribution in [2.75, 3.05) is 0 Å². The summed E-state index contributed by atoms with van der Waals surface area (Å²) >= 11 is 0. The number of allylic oxidation sites excluding steroid dienone is 4. The van der Waals surface area contributed by atoms with E-state index in [9.17, 15) is 5.11 Å². The molecular formula is C15H26O. The van der Waals surface area contributed by atoms with E-state index in [2.05, 4.69) is 13.0 Å². The summed E-state index contributed by atoms with van der Waals surface area (Å²) in [6, 6.07) is 0. The van der Waals surface area contributed by atoms with Crippen LogP contribution in [0.3, 0.4) is 0 Å². The molecule has 0 amide bonds. The third kappa shape index (κ3) is 3.97. The van der Waals surface area contributed by atoms with Gasteiger partial charge in [-0.1, -0.05) is 45.1 Å². The van der Waals surface area contributed by atoms with Gasteiger partial charge in [-0.3, -0.25) is 0 Å². The zero-order valence-electron chi connectivity index (χ0n) is 11.3. The van der Waals surface area contributed by atoms with Crippen LogP contribution in [-0.4, -0.2) is 11.2 Å². The molecule has 0 spiro atoms. The molecule has 0 saturated carbocycles. The standard InChI is InChI=1S/C13H20O.C2H6/c1-4-6-11-9-8-10(3)13(14)12(11)7-5-2;1-2/h4-7,10,13-14H,8-9H2,1-3H3;1-2H3/b6-4-,7-5-;. The van der Waals surface area contributed by atoms with Crippen LogP contribution < -0.4 is 0 Å². The van der Waals surface area contributed by atoms with Crippen molar-refractivity contribution in [3.8, 4) is 0 Å². The summed E-state index contributed by atoms with van der Waals surface area (Å²) in [4.78, 5) is 0. The molecule has 0 aliphatic heterocycles. The minimum absolute atomic E-state index is 0.286. The molecule has 1 N–H and O–H groups in total. The fourth-order valence-corrected chi connectivity index (χ4v) is 1.95. The predicted octanol–water partition coefficient (Wildman–Crippen LogP) is 4.25. The Morgan fingerprint density at radius 3 is 2.19 bits per heavy atom. The lowest BCUT2D eigenvalue weighted by Gasteiger charge is -2.27. The van der Waals surface area contributed by atoms with E-state index in [0.29, 0.717) is 5.92 Å². The molecule has 1 rings (SSSR count). The van der Waals surface area contributed by atoms with E-state index in [4.69, 9.17) is 0 Å². The quantitative estimate of drug-likeness (QED) is 0.740. The van der Waals surface area contributed by atoms with Gasteiger partial charge in [-0.25, -0.2) is 0 Å². The first-order valence-corrected chi connectivity index (χ1v) is 6.37. The number of aliphatic hydroxyl groups excluding tert-OH is 1. The molecule has 0 fully saturated rings. The first-order valence-electron chi connectivity index (χ1n) is 6.37. The molecule has 0 aromatic rings. The van der Waals surface area contributed by atoms with Crippen LogP contribution in [-0.2, 0) is 0 Å². The summed E-state index contributed by atoms with van der Waals surface area (Å²) in [5, 5.41) is 10.0. The average molecular weight is 222 g/mol. The highest BCUT2D eigenvalue weighted by Crippen LogP contribution is 2.31. The van der Waals surface area contributed by atoms with Crippen LogP contribution in [0.5, 0.6) is 0 Å². The van der Waals surface area contributed by atoms with Crippen molar-refractivity contribution < 1.29 is 5.11 Å². The van der Waals surface area contributed by atoms with E-state index >= 15 is 0 Å². The Hall–Kier alpha value is -0.820. The van der Waals surface area contributed by atoms with Crippen molar-refractivity contribution in [3.63, 3.8) is 0 Å². The van der Waals surface area contributed by atoms with Crippen LogP contribution in [0.2, 0.25) is 0 Å². The molecule has 2 unspecified atom stereocenters. The van der Waals surface area contributed by atoms with Crippen LogP contribution in [0, 0.1) is 5.92 Å². The second kappa shape index (κ2) is 8.35. The zero-order chi connectivity index (χ0) is 12.6. The van der Waals surface area contributed by atoms with Crippen LogP contribution >= 0.6 is 0 Å². The van der Waals surface area contributed by atoms with E-state index in [1.165, 1.54) is 5.57 Å². The molecule has 2 atom stereocenters. The van der Waals surface area contributed by atoms with Crippen molar-refractivity contribution in [3.05, 3.63) is 35.5 Å². The monoisotopic (exact) mass is 222 g/mol. The molecule has 0 aromatic heterocycles. The normalized spacial score (nSPS) is 26.1. The molecule has 0 aromatic carbocycles. The van der Waals surface area contributed by atoms with Gasteiger partial charge in [-0.05, 0) is 43.8 Å². The van der Waals surface area contributed by atoms with Gasteiger partial charge in [0.25, 0.3) is 0 Å². The van der Waals surface area contributed by atoms with Crippen LogP contribution in [0.25, 0.3) is 0 Å². The fourth-order valence-electron chi connectivity index (χ4n) is 1.95. The molecule has 0 bridgehead atoms. The van der Waals surface area contributed by atoms with Gasteiger partial charge < -0.3 is 5.11 Å². The molecule has 0 radical (unpaired) electrons. The Kier molecular flexibility index (Phi) is 7.92. The van der Waals surface area contributed by atoms with Crippen molar-refractivity contribution in [1.29, 1.82) is 0 Å². The van der Waals surface area contributed by atoms with Gasteiger partial charge in [0.05, 0.1) is 6.10 Å². The van der Waals surface area contributed by atoms with Gasteiger partial charge in [0.15, 0.2) is 0 Å². The van der Waals surface area contributed by atoms with Gasteiger partial charge in [0.2, 0.25) is 0 Å². The average Bonchev–Trinajstić information content (AvgIpc) is 2.31. The lowest BCUT2D eigenvalue weighted by Crippen LogP contribution is -2.24. The lowest BCUT2D eigenvalue weighted by atomic mass is 9.82. The first-order chi connectivity index (χ1) is 7.70. The lowest BCUT2D eigenvalue weighted by molar-refractivity contribution is 0.140. The van der Waals surface area contributed by atoms with Gasteiger partial charge in [-0.15, -0.1) is 0 Å². The van der Waals surface area contributed by atoms with Crippen molar-refractivity contribution in [1.82, 2.24) is 0 Å². The van der Waals surface area contributed by atoms with E-state index in [-0.39, 0.29) is 6.10 Å². The summed E-state index contributed by atoms with van der Waals surface area (Å²) in [6.45, 7) is 10.1.